The lowest BCUT2D eigenvalue weighted by Crippen LogP contribution is -1.95. The lowest BCUT2D eigenvalue weighted by molar-refractivity contribution is -0.104. The summed E-state index contributed by atoms with van der Waals surface area (Å²) in [5.41, 5.74) is 1.15. The number of hydrogen-bond acceptors (Lipinski definition) is 2. The summed E-state index contributed by atoms with van der Waals surface area (Å²) in [5.74, 6) is 0.897. The molecule has 0 aliphatic carbocycles. The number of rotatable bonds is 6. The number of allylic oxidation sites excluding steroid dienone is 2. The zero-order valence-corrected chi connectivity index (χ0v) is 8.98. The molecule has 0 aliphatic rings. The van der Waals surface area contributed by atoms with Crippen LogP contribution in [0.25, 0.3) is 0 Å². The molecule has 0 aliphatic heterocycles. The largest absolute Gasteiger partial charge is 0.494 e. The van der Waals surface area contributed by atoms with Gasteiger partial charge >= 0.3 is 0 Å². The topological polar surface area (TPSA) is 26.3 Å². The SMILES string of the molecule is CCCOc1cccc(C/C=C/C=O)c1. The Balaban J connectivity index is 2.57. The summed E-state index contributed by atoms with van der Waals surface area (Å²) in [6.07, 6.45) is 5.92. The fraction of sp³-hybridized carbons (Fsp3) is 0.308. The van der Waals surface area contributed by atoms with Crippen LogP contribution in [0.1, 0.15) is 18.9 Å². The zero-order valence-electron chi connectivity index (χ0n) is 8.98. The lowest BCUT2D eigenvalue weighted by atomic mass is 10.1. The van der Waals surface area contributed by atoms with Gasteiger partial charge in [-0.05, 0) is 36.6 Å². The Morgan fingerprint density at radius 1 is 1.40 bits per heavy atom. The Kier molecular flexibility index (Phi) is 5.23. The second-order valence-corrected chi connectivity index (χ2v) is 3.26. The molecule has 0 N–H and O–H groups in total. The number of carbonyl (C=O) groups is 1. The van der Waals surface area contributed by atoms with E-state index in [0.29, 0.717) is 0 Å². The molecule has 0 aromatic heterocycles. The molecule has 2 nitrogen and oxygen atoms in total. The maximum atomic E-state index is 10.1. The number of carbonyl (C=O) groups excluding carboxylic acids is 1. The predicted molar refractivity (Wildman–Crippen MR) is 61.1 cm³/mol. The number of ether oxygens (including phenoxy) is 1. The van der Waals surface area contributed by atoms with Crippen LogP contribution in [0.2, 0.25) is 0 Å². The van der Waals surface area contributed by atoms with Crippen molar-refractivity contribution in [1.29, 1.82) is 0 Å². The van der Waals surface area contributed by atoms with E-state index in [2.05, 4.69) is 6.92 Å². The molecular weight excluding hydrogens is 188 g/mol. The highest BCUT2D eigenvalue weighted by Gasteiger charge is 1.94. The van der Waals surface area contributed by atoms with E-state index in [-0.39, 0.29) is 0 Å². The molecule has 0 spiro atoms. The first-order chi connectivity index (χ1) is 7.36. The standard InChI is InChI=1S/C13H16O2/c1-2-10-15-13-8-5-7-12(11-13)6-3-4-9-14/h3-5,7-9,11H,2,6,10H2,1H3/b4-3+. The van der Waals surface area contributed by atoms with Crippen LogP contribution < -0.4 is 4.74 Å². The normalized spacial score (nSPS) is 10.5. The molecule has 2 heteroatoms. The quantitative estimate of drug-likeness (QED) is 0.526. The van der Waals surface area contributed by atoms with Gasteiger partial charge in [0.15, 0.2) is 0 Å². The first kappa shape index (κ1) is 11.5. The van der Waals surface area contributed by atoms with Crippen molar-refractivity contribution in [3.05, 3.63) is 42.0 Å². The van der Waals surface area contributed by atoms with Crippen LogP contribution in [-0.4, -0.2) is 12.9 Å². The molecule has 80 valence electrons. The Morgan fingerprint density at radius 2 is 2.27 bits per heavy atom. The molecule has 1 aromatic rings. The minimum Gasteiger partial charge on any atom is -0.494 e. The van der Waals surface area contributed by atoms with E-state index >= 15 is 0 Å². The highest BCUT2D eigenvalue weighted by atomic mass is 16.5. The summed E-state index contributed by atoms with van der Waals surface area (Å²) < 4.78 is 5.51. The summed E-state index contributed by atoms with van der Waals surface area (Å²) in [7, 11) is 0. The van der Waals surface area contributed by atoms with Crippen molar-refractivity contribution in [2.75, 3.05) is 6.61 Å². The highest BCUT2D eigenvalue weighted by molar-refractivity contribution is 5.64. The van der Waals surface area contributed by atoms with Crippen molar-refractivity contribution in [1.82, 2.24) is 0 Å². The van der Waals surface area contributed by atoms with Crippen molar-refractivity contribution >= 4 is 6.29 Å². The Morgan fingerprint density at radius 3 is 3.00 bits per heavy atom. The monoisotopic (exact) mass is 204 g/mol. The van der Waals surface area contributed by atoms with Crippen molar-refractivity contribution in [2.24, 2.45) is 0 Å². The third kappa shape index (κ3) is 4.45. The van der Waals surface area contributed by atoms with Gasteiger partial charge in [0.2, 0.25) is 0 Å². The highest BCUT2D eigenvalue weighted by Crippen LogP contribution is 2.14. The Hall–Kier alpha value is -1.57. The van der Waals surface area contributed by atoms with Crippen LogP contribution in [0.3, 0.4) is 0 Å². The predicted octanol–water partition coefficient (Wildman–Crippen LogP) is 2.77. The van der Waals surface area contributed by atoms with E-state index in [0.717, 1.165) is 37.0 Å². The molecular formula is C13H16O2. The molecule has 15 heavy (non-hydrogen) atoms. The molecule has 0 saturated carbocycles. The van der Waals surface area contributed by atoms with Gasteiger partial charge in [-0.3, -0.25) is 4.79 Å². The molecule has 0 radical (unpaired) electrons. The molecule has 0 fully saturated rings. The molecule has 0 atom stereocenters. The fourth-order valence-corrected chi connectivity index (χ4v) is 1.24. The van der Waals surface area contributed by atoms with Crippen molar-refractivity contribution in [3.63, 3.8) is 0 Å². The maximum absolute atomic E-state index is 10.1. The minimum absolute atomic E-state index is 0.744. The van der Waals surface area contributed by atoms with Crippen LogP contribution in [0.4, 0.5) is 0 Å². The smallest absolute Gasteiger partial charge is 0.142 e. The number of benzene rings is 1. The van der Waals surface area contributed by atoms with E-state index in [9.17, 15) is 4.79 Å². The van der Waals surface area contributed by atoms with E-state index < -0.39 is 0 Å². The first-order valence-corrected chi connectivity index (χ1v) is 5.19. The van der Waals surface area contributed by atoms with Crippen LogP contribution in [0.15, 0.2) is 36.4 Å². The van der Waals surface area contributed by atoms with Gasteiger partial charge in [-0.1, -0.05) is 25.1 Å². The van der Waals surface area contributed by atoms with Crippen LogP contribution >= 0.6 is 0 Å². The van der Waals surface area contributed by atoms with Crippen molar-refractivity contribution < 1.29 is 9.53 Å². The third-order valence-electron chi connectivity index (χ3n) is 1.94. The third-order valence-corrected chi connectivity index (χ3v) is 1.94. The van der Waals surface area contributed by atoms with E-state index in [1.54, 1.807) is 0 Å². The second kappa shape index (κ2) is 6.82. The number of aldehydes is 1. The van der Waals surface area contributed by atoms with Crippen LogP contribution in [0, 0.1) is 0 Å². The molecule has 0 saturated heterocycles. The summed E-state index contributed by atoms with van der Waals surface area (Å²) in [4.78, 5) is 10.1. The number of hydrogen-bond donors (Lipinski definition) is 0. The van der Waals surface area contributed by atoms with E-state index in [1.807, 2.05) is 30.3 Å². The average Bonchev–Trinajstić information content (AvgIpc) is 2.27. The van der Waals surface area contributed by atoms with Gasteiger partial charge in [-0.25, -0.2) is 0 Å². The Labute approximate surface area is 90.6 Å². The van der Waals surface area contributed by atoms with Crippen molar-refractivity contribution in [2.45, 2.75) is 19.8 Å². The molecule has 1 aromatic carbocycles. The summed E-state index contributed by atoms with van der Waals surface area (Å²) >= 11 is 0. The minimum atomic E-state index is 0.744. The van der Waals surface area contributed by atoms with Gasteiger partial charge < -0.3 is 4.74 Å². The summed E-state index contributed by atoms with van der Waals surface area (Å²) in [6, 6.07) is 7.94. The molecule has 1 rings (SSSR count). The van der Waals surface area contributed by atoms with Gasteiger partial charge in [0.05, 0.1) is 6.61 Å². The van der Waals surface area contributed by atoms with E-state index in [4.69, 9.17) is 4.74 Å². The van der Waals surface area contributed by atoms with Gasteiger partial charge in [0, 0.05) is 0 Å². The van der Waals surface area contributed by atoms with Gasteiger partial charge in [0.25, 0.3) is 0 Å². The van der Waals surface area contributed by atoms with Crippen LogP contribution in [0.5, 0.6) is 5.75 Å². The van der Waals surface area contributed by atoms with E-state index in [1.165, 1.54) is 6.08 Å². The zero-order chi connectivity index (χ0) is 10.9. The van der Waals surface area contributed by atoms with Crippen LogP contribution in [-0.2, 0) is 11.2 Å². The van der Waals surface area contributed by atoms with Gasteiger partial charge in [0.1, 0.15) is 12.0 Å². The van der Waals surface area contributed by atoms with Gasteiger partial charge in [-0.2, -0.15) is 0 Å². The van der Waals surface area contributed by atoms with Crippen molar-refractivity contribution in [3.8, 4) is 5.75 Å². The molecule has 0 amide bonds. The van der Waals surface area contributed by atoms with Gasteiger partial charge in [-0.15, -0.1) is 0 Å². The molecule has 0 unspecified atom stereocenters. The average molecular weight is 204 g/mol. The molecule has 0 heterocycles. The summed E-state index contributed by atoms with van der Waals surface area (Å²) in [5, 5.41) is 0. The second-order valence-electron chi connectivity index (χ2n) is 3.26. The maximum Gasteiger partial charge on any atom is 0.142 e. The Bertz CT molecular complexity index is 329. The molecule has 0 bridgehead atoms. The fourth-order valence-electron chi connectivity index (χ4n) is 1.24. The first-order valence-electron chi connectivity index (χ1n) is 5.19. The lowest BCUT2D eigenvalue weighted by Gasteiger charge is -2.05. The summed E-state index contributed by atoms with van der Waals surface area (Å²) in [6.45, 7) is 2.82.